The van der Waals surface area contributed by atoms with Gasteiger partial charge in [-0.2, -0.15) is 0 Å². The summed E-state index contributed by atoms with van der Waals surface area (Å²) in [6, 6.07) is 1.93. The minimum Gasteiger partial charge on any atom is -0.369 e. The van der Waals surface area contributed by atoms with Crippen LogP contribution in [0.15, 0.2) is 10.6 Å². The predicted octanol–water partition coefficient (Wildman–Crippen LogP) is 1.77. The lowest BCUT2D eigenvalue weighted by Gasteiger charge is -2.39. The van der Waals surface area contributed by atoms with E-state index in [1.54, 1.807) is 19.0 Å². The van der Waals surface area contributed by atoms with E-state index < -0.39 is 0 Å². The molecule has 1 N–H and O–H groups in total. The van der Waals surface area contributed by atoms with Crippen LogP contribution < -0.4 is 5.32 Å². The Morgan fingerprint density at radius 2 is 2.33 bits per heavy atom. The number of rotatable bonds is 4. The fourth-order valence-corrected chi connectivity index (χ4v) is 3.71. The maximum absolute atomic E-state index is 11.7. The SMILES string of the molecule is Cc1cc(CN2CC[C@]3(CCC[C@@H](CNC(=O)N(C)C)O3)C2)no1. The molecule has 1 spiro atoms. The fraction of sp³-hybridized carbons (Fsp3) is 0.765. The Hall–Kier alpha value is -1.60. The molecule has 1 aromatic heterocycles. The normalized spacial score (nSPS) is 27.5. The molecule has 2 aliphatic heterocycles. The van der Waals surface area contributed by atoms with Gasteiger partial charge in [0.1, 0.15) is 5.76 Å². The summed E-state index contributed by atoms with van der Waals surface area (Å²) in [7, 11) is 3.50. The quantitative estimate of drug-likeness (QED) is 0.907. The molecule has 0 aliphatic carbocycles. The second-order valence-electron chi connectivity index (χ2n) is 7.29. The summed E-state index contributed by atoms with van der Waals surface area (Å²) in [6.45, 7) is 5.25. The van der Waals surface area contributed by atoms with Gasteiger partial charge in [-0.15, -0.1) is 0 Å². The molecule has 0 bridgehead atoms. The van der Waals surface area contributed by atoms with Crippen molar-refractivity contribution in [1.29, 1.82) is 0 Å². The molecular weight excluding hydrogens is 308 g/mol. The summed E-state index contributed by atoms with van der Waals surface area (Å²) in [6.07, 6.45) is 4.41. The lowest BCUT2D eigenvalue weighted by Crippen LogP contribution is -2.48. The highest BCUT2D eigenvalue weighted by Gasteiger charge is 2.43. The fourth-order valence-electron chi connectivity index (χ4n) is 3.71. The van der Waals surface area contributed by atoms with Crippen molar-refractivity contribution in [3.63, 3.8) is 0 Å². The van der Waals surface area contributed by atoms with Crippen molar-refractivity contribution in [2.24, 2.45) is 0 Å². The zero-order valence-corrected chi connectivity index (χ0v) is 14.9. The van der Waals surface area contributed by atoms with Gasteiger partial charge in [-0.1, -0.05) is 5.16 Å². The maximum Gasteiger partial charge on any atom is 0.316 e. The van der Waals surface area contributed by atoms with Crippen molar-refractivity contribution in [1.82, 2.24) is 20.3 Å². The zero-order valence-electron chi connectivity index (χ0n) is 14.9. The summed E-state index contributed by atoms with van der Waals surface area (Å²) < 4.78 is 11.6. The van der Waals surface area contributed by atoms with Crippen LogP contribution in [0.3, 0.4) is 0 Å². The Balaban J connectivity index is 1.51. The number of aryl methyl sites for hydroxylation is 1. The van der Waals surface area contributed by atoms with E-state index in [2.05, 4.69) is 15.4 Å². The Labute approximate surface area is 143 Å². The minimum absolute atomic E-state index is 0.0623. The van der Waals surface area contributed by atoms with E-state index in [1.807, 2.05) is 13.0 Å². The summed E-state index contributed by atoms with van der Waals surface area (Å²) in [5.74, 6) is 0.851. The van der Waals surface area contributed by atoms with Crippen LogP contribution >= 0.6 is 0 Å². The van der Waals surface area contributed by atoms with Gasteiger partial charge in [-0.25, -0.2) is 4.79 Å². The van der Waals surface area contributed by atoms with Crippen molar-refractivity contribution >= 4 is 6.03 Å². The third-order valence-electron chi connectivity index (χ3n) is 4.92. The van der Waals surface area contributed by atoms with Crippen molar-refractivity contribution < 1.29 is 14.1 Å². The zero-order chi connectivity index (χ0) is 17.2. The van der Waals surface area contributed by atoms with Gasteiger partial charge < -0.3 is 19.5 Å². The van der Waals surface area contributed by atoms with Crippen LogP contribution in [-0.2, 0) is 11.3 Å². The monoisotopic (exact) mass is 336 g/mol. The molecule has 134 valence electrons. The highest BCUT2D eigenvalue weighted by molar-refractivity contribution is 5.73. The van der Waals surface area contributed by atoms with Gasteiger partial charge in [-0.3, -0.25) is 4.90 Å². The number of amides is 2. The second kappa shape index (κ2) is 7.11. The van der Waals surface area contributed by atoms with Crippen LogP contribution in [0.4, 0.5) is 4.79 Å². The van der Waals surface area contributed by atoms with Gasteiger partial charge in [0.05, 0.1) is 17.4 Å². The number of aromatic nitrogens is 1. The molecule has 7 nitrogen and oxygen atoms in total. The number of likely N-dealkylation sites (tertiary alicyclic amines) is 1. The molecule has 3 rings (SSSR count). The molecule has 0 aromatic carbocycles. The van der Waals surface area contributed by atoms with Crippen LogP contribution in [0, 0.1) is 6.92 Å². The Kier molecular flexibility index (Phi) is 5.10. The van der Waals surface area contributed by atoms with Crippen molar-refractivity contribution in [3.05, 3.63) is 17.5 Å². The van der Waals surface area contributed by atoms with E-state index in [1.165, 1.54) is 0 Å². The summed E-state index contributed by atoms with van der Waals surface area (Å²) in [5.41, 5.74) is 0.917. The molecule has 3 heterocycles. The first-order valence-electron chi connectivity index (χ1n) is 8.73. The molecule has 2 atom stereocenters. The summed E-state index contributed by atoms with van der Waals surface area (Å²) >= 11 is 0. The molecule has 1 aromatic rings. The van der Waals surface area contributed by atoms with Crippen LogP contribution in [0.5, 0.6) is 0 Å². The molecule has 0 radical (unpaired) electrons. The van der Waals surface area contributed by atoms with Crippen molar-refractivity contribution in [2.75, 3.05) is 33.7 Å². The first kappa shape index (κ1) is 17.2. The standard InChI is InChI=1S/C17H28N4O3/c1-13-9-14(19-24-13)11-21-8-7-17(12-21)6-4-5-15(23-17)10-18-16(22)20(2)3/h9,15H,4-8,10-12H2,1-3H3,(H,18,22)/t15-,17+/m0/s1. The van der Waals surface area contributed by atoms with E-state index in [0.29, 0.717) is 6.54 Å². The Morgan fingerprint density at radius 1 is 1.50 bits per heavy atom. The lowest BCUT2D eigenvalue weighted by molar-refractivity contribution is -0.118. The van der Waals surface area contributed by atoms with Crippen molar-refractivity contribution in [2.45, 2.75) is 50.9 Å². The van der Waals surface area contributed by atoms with Crippen LogP contribution in [0.2, 0.25) is 0 Å². The molecule has 2 saturated heterocycles. The molecule has 24 heavy (non-hydrogen) atoms. The maximum atomic E-state index is 11.7. The minimum atomic E-state index is -0.0649. The van der Waals surface area contributed by atoms with Gasteiger partial charge >= 0.3 is 6.03 Å². The lowest BCUT2D eigenvalue weighted by atomic mass is 9.90. The molecule has 2 aliphatic rings. The number of ether oxygens (including phenoxy) is 1. The van der Waals surface area contributed by atoms with E-state index in [-0.39, 0.29) is 17.7 Å². The smallest absolute Gasteiger partial charge is 0.316 e. The van der Waals surface area contributed by atoms with E-state index in [9.17, 15) is 4.79 Å². The van der Waals surface area contributed by atoms with Crippen LogP contribution in [-0.4, -0.2) is 66.4 Å². The molecule has 2 amide bonds. The van der Waals surface area contributed by atoms with E-state index in [0.717, 1.165) is 56.8 Å². The summed E-state index contributed by atoms with van der Waals surface area (Å²) in [5, 5.41) is 7.02. The number of nitrogens with zero attached hydrogens (tertiary/aromatic N) is 3. The largest absolute Gasteiger partial charge is 0.369 e. The number of urea groups is 1. The number of hydrogen-bond donors (Lipinski definition) is 1. The van der Waals surface area contributed by atoms with Crippen LogP contribution in [0.1, 0.15) is 37.1 Å². The topological polar surface area (TPSA) is 70.8 Å². The number of carbonyl (C=O) groups excluding carboxylic acids is 1. The first-order valence-corrected chi connectivity index (χ1v) is 8.73. The number of carbonyl (C=O) groups is 1. The van der Waals surface area contributed by atoms with Gasteiger partial charge in [0, 0.05) is 46.3 Å². The number of nitrogens with one attached hydrogen (secondary N) is 1. The predicted molar refractivity (Wildman–Crippen MR) is 89.7 cm³/mol. The highest BCUT2D eigenvalue weighted by Crippen LogP contribution is 2.37. The van der Waals surface area contributed by atoms with Crippen molar-refractivity contribution in [3.8, 4) is 0 Å². The molecule has 0 saturated carbocycles. The van der Waals surface area contributed by atoms with E-state index in [4.69, 9.17) is 9.26 Å². The van der Waals surface area contributed by atoms with Gasteiger partial charge in [0.25, 0.3) is 0 Å². The average Bonchev–Trinajstić information content (AvgIpc) is 3.12. The van der Waals surface area contributed by atoms with Crippen LogP contribution in [0.25, 0.3) is 0 Å². The van der Waals surface area contributed by atoms with Gasteiger partial charge in [-0.05, 0) is 32.6 Å². The third kappa shape index (κ3) is 4.08. The highest BCUT2D eigenvalue weighted by atomic mass is 16.5. The summed E-state index contributed by atoms with van der Waals surface area (Å²) in [4.78, 5) is 15.6. The molecule has 7 heteroatoms. The van der Waals surface area contributed by atoms with Gasteiger partial charge in [0.2, 0.25) is 0 Å². The molecule has 2 fully saturated rings. The molecule has 0 unspecified atom stereocenters. The number of hydrogen-bond acceptors (Lipinski definition) is 5. The average molecular weight is 336 g/mol. The second-order valence-corrected chi connectivity index (χ2v) is 7.29. The third-order valence-corrected chi connectivity index (χ3v) is 4.92. The van der Waals surface area contributed by atoms with Gasteiger partial charge in [0.15, 0.2) is 0 Å². The Morgan fingerprint density at radius 3 is 3.04 bits per heavy atom. The molecular formula is C17H28N4O3. The Bertz CT molecular complexity index is 574. The van der Waals surface area contributed by atoms with E-state index >= 15 is 0 Å². The first-order chi connectivity index (χ1) is 11.5.